The minimum atomic E-state index is -2.85. The van der Waals surface area contributed by atoms with Crippen LogP contribution in [0.1, 0.15) is 18.5 Å². The van der Waals surface area contributed by atoms with E-state index in [2.05, 4.69) is 10.3 Å². The van der Waals surface area contributed by atoms with Crippen LogP contribution in [0.5, 0.6) is 0 Å². The molecule has 1 saturated heterocycles. The summed E-state index contributed by atoms with van der Waals surface area (Å²) in [5, 5.41) is 2.81. The highest BCUT2D eigenvalue weighted by Gasteiger charge is 2.43. The summed E-state index contributed by atoms with van der Waals surface area (Å²) < 4.78 is 27.5. The fraction of sp³-hybridized carbons (Fsp3) is 0.500. The average molecular weight is 198 g/mol. The largest absolute Gasteiger partial charge is 0.308 e. The van der Waals surface area contributed by atoms with Gasteiger partial charge in [0.25, 0.3) is 0 Å². The molecule has 2 nitrogen and oxygen atoms in total. The second kappa shape index (κ2) is 3.61. The van der Waals surface area contributed by atoms with Crippen molar-refractivity contribution in [3.63, 3.8) is 0 Å². The van der Waals surface area contributed by atoms with E-state index in [0.29, 0.717) is 13.0 Å². The molecule has 0 aliphatic carbocycles. The molecule has 1 N–H and O–H groups in total. The summed E-state index contributed by atoms with van der Waals surface area (Å²) in [6, 6.07) is 3.85. The summed E-state index contributed by atoms with van der Waals surface area (Å²) in [7, 11) is 0. The quantitative estimate of drug-likeness (QED) is 0.785. The Morgan fingerprint density at radius 2 is 2.29 bits per heavy atom. The normalized spacial score (nSPS) is 22.6. The van der Waals surface area contributed by atoms with Crippen molar-refractivity contribution in [3.05, 3.63) is 30.1 Å². The van der Waals surface area contributed by atoms with E-state index in [4.69, 9.17) is 0 Å². The first-order valence-corrected chi connectivity index (χ1v) is 4.74. The van der Waals surface area contributed by atoms with Crippen molar-refractivity contribution in [1.82, 2.24) is 10.3 Å². The van der Waals surface area contributed by atoms with Crippen molar-refractivity contribution in [1.29, 1.82) is 0 Å². The molecule has 2 rings (SSSR count). The topological polar surface area (TPSA) is 24.9 Å². The lowest BCUT2D eigenvalue weighted by Gasteiger charge is -2.22. The molecule has 1 aliphatic heterocycles. The van der Waals surface area contributed by atoms with Gasteiger partial charge in [0.1, 0.15) is 5.69 Å². The molecule has 0 amide bonds. The van der Waals surface area contributed by atoms with E-state index in [1.165, 1.54) is 12.3 Å². The first kappa shape index (κ1) is 9.52. The van der Waals surface area contributed by atoms with Crippen LogP contribution in [0, 0.1) is 0 Å². The van der Waals surface area contributed by atoms with Gasteiger partial charge in [-0.05, 0) is 31.5 Å². The van der Waals surface area contributed by atoms with Crippen molar-refractivity contribution in [2.24, 2.45) is 0 Å². The van der Waals surface area contributed by atoms with Gasteiger partial charge in [0.15, 0.2) is 0 Å². The van der Waals surface area contributed by atoms with E-state index < -0.39 is 12.0 Å². The molecule has 2 heterocycles. The van der Waals surface area contributed by atoms with Crippen LogP contribution in [-0.4, -0.2) is 17.6 Å². The first-order chi connectivity index (χ1) is 6.71. The SMILES string of the molecule is FC(F)(c1ccccn1)[C@H]1CCCN1. The maximum absolute atomic E-state index is 13.7. The number of nitrogens with zero attached hydrogens (tertiary/aromatic N) is 1. The number of nitrogens with one attached hydrogen (secondary N) is 1. The zero-order chi connectivity index (χ0) is 10.0. The van der Waals surface area contributed by atoms with E-state index in [-0.39, 0.29) is 5.69 Å². The van der Waals surface area contributed by atoms with Crippen LogP contribution in [-0.2, 0) is 5.92 Å². The van der Waals surface area contributed by atoms with Gasteiger partial charge in [-0.3, -0.25) is 4.98 Å². The molecular weight excluding hydrogens is 186 g/mol. The third-order valence-electron chi connectivity index (χ3n) is 2.50. The summed E-state index contributed by atoms with van der Waals surface area (Å²) in [5.74, 6) is -2.85. The highest BCUT2D eigenvalue weighted by atomic mass is 19.3. The Morgan fingerprint density at radius 1 is 1.43 bits per heavy atom. The van der Waals surface area contributed by atoms with Crippen molar-refractivity contribution >= 4 is 0 Å². The molecule has 0 radical (unpaired) electrons. The van der Waals surface area contributed by atoms with Gasteiger partial charge in [-0.15, -0.1) is 0 Å². The van der Waals surface area contributed by atoms with Crippen LogP contribution in [0.25, 0.3) is 0 Å². The summed E-state index contributed by atoms with van der Waals surface area (Å²) >= 11 is 0. The molecule has 0 unspecified atom stereocenters. The van der Waals surface area contributed by atoms with E-state index in [1.807, 2.05) is 0 Å². The van der Waals surface area contributed by atoms with Crippen LogP contribution in [0.4, 0.5) is 8.78 Å². The van der Waals surface area contributed by atoms with Gasteiger partial charge in [-0.25, -0.2) is 0 Å². The molecule has 0 spiro atoms. The Labute approximate surface area is 81.4 Å². The van der Waals surface area contributed by atoms with Gasteiger partial charge < -0.3 is 5.32 Å². The third-order valence-corrected chi connectivity index (χ3v) is 2.50. The highest BCUT2D eigenvalue weighted by Crippen LogP contribution is 2.33. The summed E-state index contributed by atoms with van der Waals surface area (Å²) in [6.45, 7) is 0.674. The van der Waals surface area contributed by atoms with Gasteiger partial charge in [-0.2, -0.15) is 8.78 Å². The maximum atomic E-state index is 13.7. The van der Waals surface area contributed by atoms with E-state index in [9.17, 15) is 8.78 Å². The lowest BCUT2D eigenvalue weighted by atomic mass is 10.0. The van der Waals surface area contributed by atoms with Crippen molar-refractivity contribution < 1.29 is 8.78 Å². The minimum absolute atomic E-state index is 0.139. The molecular formula is C10H12F2N2. The fourth-order valence-corrected chi connectivity index (χ4v) is 1.73. The molecule has 1 aromatic rings. The van der Waals surface area contributed by atoms with Crippen LogP contribution in [0.3, 0.4) is 0 Å². The molecule has 1 atom stereocenters. The van der Waals surface area contributed by atoms with E-state index in [0.717, 1.165) is 6.42 Å². The molecule has 4 heteroatoms. The fourth-order valence-electron chi connectivity index (χ4n) is 1.73. The lowest BCUT2D eigenvalue weighted by molar-refractivity contribution is -0.0417. The molecule has 1 fully saturated rings. The molecule has 0 aromatic carbocycles. The van der Waals surface area contributed by atoms with Gasteiger partial charge in [0.2, 0.25) is 0 Å². The minimum Gasteiger partial charge on any atom is -0.308 e. The second-order valence-corrected chi connectivity index (χ2v) is 3.49. The molecule has 14 heavy (non-hydrogen) atoms. The Kier molecular flexibility index (Phi) is 2.46. The van der Waals surface area contributed by atoms with Crippen LogP contribution < -0.4 is 5.32 Å². The Morgan fingerprint density at radius 3 is 2.86 bits per heavy atom. The van der Waals surface area contributed by atoms with Gasteiger partial charge >= 0.3 is 5.92 Å². The molecule has 76 valence electrons. The summed E-state index contributed by atoms with van der Waals surface area (Å²) in [6.07, 6.45) is 2.73. The highest BCUT2D eigenvalue weighted by molar-refractivity contribution is 5.13. The number of aromatic nitrogens is 1. The zero-order valence-corrected chi connectivity index (χ0v) is 7.71. The predicted molar refractivity (Wildman–Crippen MR) is 49.2 cm³/mol. The van der Waals surface area contributed by atoms with Gasteiger partial charge in [0.05, 0.1) is 6.04 Å². The Hall–Kier alpha value is -1.03. The van der Waals surface area contributed by atoms with Crippen LogP contribution in [0.15, 0.2) is 24.4 Å². The smallest absolute Gasteiger partial charge is 0.304 e. The van der Waals surface area contributed by atoms with E-state index in [1.54, 1.807) is 12.1 Å². The molecule has 0 saturated carbocycles. The second-order valence-electron chi connectivity index (χ2n) is 3.49. The van der Waals surface area contributed by atoms with Gasteiger partial charge in [0, 0.05) is 6.20 Å². The van der Waals surface area contributed by atoms with Crippen LogP contribution >= 0.6 is 0 Å². The molecule has 1 aromatic heterocycles. The monoisotopic (exact) mass is 198 g/mol. The number of hydrogen-bond acceptors (Lipinski definition) is 2. The number of pyridine rings is 1. The third kappa shape index (κ3) is 1.62. The van der Waals surface area contributed by atoms with Crippen molar-refractivity contribution in [3.8, 4) is 0 Å². The van der Waals surface area contributed by atoms with Crippen molar-refractivity contribution in [2.75, 3.05) is 6.54 Å². The molecule has 0 bridgehead atoms. The first-order valence-electron chi connectivity index (χ1n) is 4.74. The zero-order valence-electron chi connectivity index (χ0n) is 7.71. The number of halogens is 2. The van der Waals surface area contributed by atoms with Crippen molar-refractivity contribution in [2.45, 2.75) is 24.8 Å². The number of hydrogen-bond donors (Lipinski definition) is 1. The number of rotatable bonds is 2. The summed E-state index contributed by atoms with van der Waals surface area (Å²) in [4.78, 5) is 3.70. The standard InChI is InChI=1S/C10H12F2N2/c11-10(12,9-5-3-7-14-9)8-4-1-2-6-13-8/h1-2,4,6,9,14H,3,5,7H2/t9-/m1/s1. The predicted octanol–water partition coefficient (Wildman–Crippen LogP) is 1.93. The Balaban J connectivity index is 2.22. The Bertz CT molecular complexity index is 294. The summed E-state index contributed by atoms with van der Waals surface area (Å²) in [5.41, 5.74) is -0.139. The maximum Gasteiger partial charge on any atom is 0.304 e. The average Bonchev–Trinajstić information content (AvgIpc) is 2.72. The van der Waals surface area contributed by atoms with Gasteiger partial charge in [-0.1, -0.05) is 6.07 Å². The van der Waals surface area contributed by atoms with Crippen LogP contribution in [0.2, 0.25) is 0 Å². The lowest BCUT2D eigenvalue weighted by Crippen LogP contribution is -2.39. The number of alkyl halides is 2. The van der Waals surface area contributed by atoms with E-state index >= 15 is 0 Å². The molecule has 1 aliphatic rings.